The van der Waals surface area contributed by atoms with Crippen LogP contribution in [0.2, 0.25) is 0 Å². The van der Waals surface area contributed by atoms with Crippen molar-refractivity contribution in [1.82, 2.24) is 10.1 Å². The number of thiazole rings is 1. The molecule has 5 nitrogen and oxygen atoms in total. The normalized spacial score (nSPS) is 10.7. The highest BCUT2D eigenvalue weighted by Crippen LogP contribution is 2.31. The Morgan fingerprint density at radius 3 is 2.70 bits per heavy atom. The largest absolute Gasteiger partial charge is 0.337 e. The van der Waals surface area contributed by atoms with Crippen molar-refractivity contribution in [3.63, 3.8) is 0 Å². The molecule has 3 rings (SSSR count). The molecule has 0 aliphatic carbocycles. The summed E-state index contributed by atoms with van der Waals surface area (Å²) in [5, 5.41) is 6.80. The van der Waals surface area contributed by atoms with Crippen molar-refractivity contribution in [3.8, 4) is 11.1 Å². The average Bonchev–Trinajstić information content (AvgIpc) is 3.12. The first-order chi connectivity index (χ1) is 11.1. The maximum atomic E-state index is 12.2. The molecule has 23 heavy (non-hydrogen) atoms. The number of aromatic nitrogens is 2. The first-order valence-corrected chi connectivity index (χ1v) is 8.23. The van der Waals surface area contributed by atoms with Gasteiger partial charge in [-0.15, -0.1) is 11.3 Å². The van der Waals surface area contributed by atoms with Crippen molar-refractivity contribution >= 4 is 23.1 Å². The first-order valence-electron chi connectivity index (χ1n) is 7.35. The van der Waals surface area contributed by atoms with Gasteiger partial charge in [0.1, 0.15) is 0 Å². The third kappa shape index (κ3) is 3.48. The van der Waals surface area contributed by atoms with Gasteiger partial charge in [-0.05, 0) is 25.8 Å². The number of rotatable bonds is 5. The SMILES string of the molecule is Cc1ncsc1CCC(=O)Nc1onc(C)c1-c1ccccc1. The van der Waals surface area contributed by atoms with Crippen LogP contribution in [0.5, 0.6) is 0 Å². The summed E-state index contributed by atoms with van der Waals surface area (Å²) < 4.78 is 5.29. The summed E-state index contributed by atoms with van der Waals surface area (Å²) in [6.07, 6.45) is 1.06. The van der Waals surface area contributed by atoms with E-state index in [0.717, 1.165) is 27.4 Å². The molecular weight excluding hydrogens is 310 g/mol. The molecular formula is C17H17N3O2S. The third-order valence-electron chi connectivity index (χ3n) is 3.60. The Hall–Kier alpha value is -2.47. The van der Waals surface area contributed by atoms with Crippen LogP contribution in [-0.4, -0.2) is 16.0 Å². The molecule has 2 aromatic heterocycles. The Bertz CT molecular complexity index is 808. The average molecular weight is 327 g/mol. The van der Waals surface area contributed by atoms with Crippen LogP contribution in [0.3, 0.4) is 0 Å². The van der Waals surface area contributed by atoms with Gasteiger partial charge in [-0.1, -0.05) is 35.5 Å². The fourth-order valence-corrected chi connectivity index (χ4v) is 3.16. The standard InChI is InChI=1S/C17H17N3O2S/c1-11-14(23-10-18-11)8-9-15(21)19-17-16(12(2)20-22-17)13-6-4-3-5-7-13/h3-7,10H,8-9H2,1-2H3,(H,19,21). The lowest BCUT2D eigenvalue weighted by Crippen LogP contribution is -2.12. The lowest BCUT2D eigenvalue weighted by Gasteiger charge is -2.05. The van der Waals surface area contributed by atoms with Gasteiger partial charge in [0, 0.05) is 11.3 Å². The van der Waals surface area contributed by atoms with Crippen molar-refractivity contribution in [2.75, 3.05) is 5.32 Å². The lowest BCUT2D eigenvalue weighted by atomic mass is 10.1. The maximum absolute atomic E-state index is 12.2. The molecule has 1 N–H and O–H groups in total. The Morgan fingerprint density at radius 2 is 2.00 bits per heavy atom. The summed E-state index contributed by atoms with van der Waals surface area (Å²) in [7, 11) is 0. The molecule has 1 aromatic carbocycles. The quantitative estimate of drug-likeness (QED) is 0.769. The molecule has 6 heteroatoms. The number of amides is 1. The van der Waals surface area contributed by atoms with Crippen LogP contribution in [-0.2, 0) is 11.2 Å². The van der Waals surface area contributed by atoms with Crippen LogP contribution in [0.4, 0.5) is 5.88 Å². The Morgan fingerprint density at radius 1 is 1.22 bits per heavy atom. The van der Waals surface area contributed by atoms with Crippen molar-refractivity contribution in [1.29, 1.82) is 0 Å². The second-order valence-electron chi connectivity index (χ2n) is 5.25. The predicted molar refractivity (Wildman–Crippen MR) is 90.5 cm³/mol. The van der Waals surface area contributed by atoms with E-state index in [1.54, 1.807) is 16.8 Å². The predicted octanol–water partition coefficient (Wildman–Crippen LogP) is 3.99. The van der Waals surface area contributed by atoms with E-state index in [0.29, 0.717) is 18.7 Å². The van der Waals surface area contributed by atoms with Gasteiger partial charge in [-0.25, -0.2) is 4.98 Å². The minimum Gasteiger partial charge on any atom is -0.337 e. The van der Waals surface area contributed by atoms with Gasteiger partial charge < -0.3 is 4.52 Å². The van der Waals surface area contributed by atoms with Gasteiger partial charge in [0.2, 0.25) is 11.8 Å². The van der Waals surface area contributed by atoms with Crippen molar-refractivity contribution in [2.45, 2.75) is 26.7 Å². The second kappa shape index (κ2) is 6.75. The molecule has 118 valence electrons. The number of carbonyl (C=O) groups excluding carboxylic acids is 1. The van der Waals surface area contributed by atoms with Crippen LogP contribution in [0, 0.1) is 13.8 Å². The maximum Gasteiger partial charge on any atom is 0.239 e. The van der Waals surface area contributed by atoms with Gasteiger partial charge in [0.25, 0.3) is 0 Å². The summed E-state index contributed by atoms with van der Waals surface area (Å²) >= 11 is 1.58. The van der Waals surface area contributed by atoms with Crippen LogP contribution in [0.25, 0.3) is 11.1 Å². The van der Waals surface area contributed by atoms with Crippen molar-refractivity contribution in [2.24, 2.45) is 0 Å². The number of benzene rings is 1. The van der Waals surface area contributed by atoms with E-state index in [-0.39, 0.29) is 5.91 Å². The minimum absolute atomic E-state index is 0.0915. The lowest BCUT2D eigenvalue weighted by molar-refractivity contribution is -0.116. The van der Waals surface area contributed by atoms with Crippen LogP contribution < -0.4 is 5.32 Å². The molecule has 2 heterocycles. The molecule has 0 saturated heterocycles. The number of aryl methyl sites for hydroxylation is 3. The number of nitrogens with one attached hydrogen (secondary N) is 1. The molecule has 0 spiro atoms. The third-order valence-corrected chi connectivity index (χ3v) is 4.60. The van der Waals surface area contributed by atoms with Gasteiger partial charge in [-0.3, -0.25) is 10.1 Å². The molecule has 0 bridgehead atoms. The van der Waals surface area contributed by atoms with E-state index in [2.05, 4.69) is 15.5 Å². The Balaban J connectivity index is 1.71. The van der Waals surface area contributed by atoms with Gasteiger partial charge in [0.05, 0.1) is 22.5 Å². The van der Waals surface area contributed by atoms with E-state index in [1.807, 2.05) is 44.2 Å². The minimum atomic E-state index is -0.0915. The number of carbonyl (C=O) groups is 1. The smallest absolute Gasteiger partial charge is 0.239 e. The van der Waals surface area contributed by atoms with Crippen LogP contribution >= 0.6 is 11.3 Å². The zero-order chi connectivity index (χ0) is 16.2. The van der Waals surface area contributed by atoms with Gasteiger partial charge in [-0.2, -0.15) is 0 Å². The zero-order valence-electron chi connectivity index (χ0n) is 13.0. The first kappa shape index (κ1) is 15.4. The van der Waals surface area contributed by atoms with E-state index in [9.17, 15) is 4.79 Å². The summed E-state index contributed by atoms with van der Waals surface area (Å²) in [5.74, 6) is 0.311. The fourth-order valence-electron chi connectivity index (χ4n) is 2.38. The zero-order valence-corrected chi connectivity index (χ0v) is 13.8. The molecule has 0 aliphatic heterocycles. The molecule has 3 aromatic rings. The number of nitrogens with zero attached hydrogens (tertiary/aromatic N) is 2. The summed E-state index contributed by atoms with van der Waals surface area (Å²) in [6, 6.07) is 9.77. The molecule has 0 aliphatic rings. The highest BCUT2D eigenvalue weighted by Gasteiger charge is 2.17. The van der Waals surface area contributed by atoms with Gasteiger partial charge >= 0.3 is 0 Å². The Labute approximate surface area is 138 Å². The molecule has 1 amide bonds. The van der Waals surface area contributed by atoms with E-state index >= 15 is 0 Å². The molecule has 0 radical (unpaired) electrons. The molecule has 0 atom stereocenters. The number of hydrogen-bond acceptors (Lipinski definition) is 5. The van der Waals surface area contributed by atoms with E-state index in [1.165, 1.54) is 0 Å². The number of hydrogen-bond donors (Lipinski definition) is 1. The molecule has 0 fully saturated rings. The topological polar surface area (TPSA) is 68.0 Å². The summed E-state index contributed by atoms with van der Waals surface area (Å²) in [6.45, 7) is 3.82. The fraction of sp³-hybridized carbons (Fsp3) is 0.235. The highest BCUT2D eigenvalue weighted by molar-refractivity contribution is 7.09. The molecule has 0 unspecified atom stereocenters. The molecule has 0 saturated carbocycles. The van der Waals surface area contributed by atoms with Crippen molar-refractivity contribution < 1.29 is 9.32 Å². The summed E-state index contributed by atoms with van der Waals surface area (Å²) in [5.41, 5.74) is 5.34. The van der Waals surface area contributed by atoms with Crippen LogP contribution in [0.15, 0.2) is 40.4 Å². The number of anilines is 1. The van der Waals surface area contributed by atoms with Crippen molar-refractivity contribution in [3.05, 3.63) is 52.1 Å². The monoisotopic (exact) mass is 327 g/mol. The summed E-state index contributed by atoms with van der Waals surface area (Å²) in [4.78, 5) is 17.5. The van der Waals surface area contributed by atoms with Gasteiger partial charge in [0.15, 0.2) is 0 Å². The van der Waals surface area contributed by atoms with E-state index < -0.39 is 0 Å². The van der Waals surface area contributed by atoms with E-state index in [4.69, 9.17) is 4.52 Å². The second-order valence-corrected chi connectivity index (χ2v) is 6.19. The highest BCUT2D eigenvalue weighted by atomic mass is 32.1. The van der Waals surface area contributed by atoms with Crippen LogP contribution in [0.1, 0.15) is 22.7 Å². The Kier molecular flexibility index (Phi) is 4.52.